The number of alkyl halides is 3. The smallest absolute Gasteiger partial charge is 0.418 e. The van der Waals surface area contributed by atoms with Crippen LogP contribution in [0.4, 0.5) is 24.5 Å². The highest BCUT2D eigenvalue weighted by Gasteiger charge is 2.51. The number of β-amino-alcohol motifs (C(OH)–C–C–N with tert-alkyl or cyclic N) is 1. The van der Waals surface area contributed by atoms with Gasteiger partial charge in [-0.3, -0.25) is 29.1 Å². The molecule has 2 aromatic heterocycles. The van der Waals surface area contributed by atoms with Gasteiger partial charge in [0, 0.05) is 50.7 Å². The van der Waals surface area contributed by atoms with Gasteiger partial charge in [-0.05, 0) is 106 Å². The Morgan fingerprint density at radius 1 is 0.928 bits per heavy atom. The monoisotopic (exact) mass is 995 g/mol. The maximum atomic E-state index is 13.9. The maximum Gasteiger partial charge on any atom is 0.418 e. The van der Waals surface area contributed by atoms with E-state index < -0.39 is 58.6 Å². The van der Waals surface area contributed by atoms with Crippen molar-refractivity contribution in [3.8, 4) is 16.2 Å². The van der Waals surface area contributed by atoms with Crippen LogP contribution in [0.25, 0.3) is 10.4 Å². The van der Waals surface area contributed by atoms with Gasteiger partial charge in [0.25, 0.3) is 5.91 Å². The van der Waals surface area contributed by atoms with Crippen molar-refractivity contribution in [2.24, 2.45) is 5.41 Å². The van der Waals surface area contributed by atoms with Gasteiger partial charge in [-0.2, -0.15) is 13.2 Å². The van der Waals surface area contributed by atoms with Gasteiger partial charge in [0.1, 0.15) is 30.0 Å². The topological polar surface area (TPSA) is 176 Å². The molecular weight excluding hydrogens is 936 g/mol. The number of nitrogens with one attached hydrogen (secondary N) is 2. The van der Waals surface area contributed by atoms with Crippen LogP contribution in [0.1, 0.15) is 82.8 Å². The fraction of sp³-hybridized carbons (Fsp3) is 0.490. The van der Waals surface area contributed by atoms with Gasteiger partial charge in [-0.1, -0.05) is 45.0 Å². The number of rotatable bonds is 20. The first-order valence-corrected chi connectivity index (χ1v) is 24.0. The number of likely N-dealkylation sites (tertiary alicyclic amines) is 1. The number of amides is 4. The van der Waals surface area contributed by atoms with Crippen LogP contribution in [0.3, 0.4) is 0 Å². The third-order valence-electron chi connectivity index (χ3n) is 11.9. The zero-order valence-corrected chi connectivity index (χ0v) is 41.5. The van der Waals surface area contributed by atoms with Crippen LogP contribution < -0.4 is 25.2 Å². The lowest BCUT2D eigenvalue weighted by Gasteiger charge is -2.35. The SMILES string of the molecule is Cc1ncc(N2C(=O)C(C)(C)N(c3ccc(OCCCCOCCCOCC(=O)N[C@H](C(=O)N4C[C@H](O)C[C@H]4C(=O)NCc4ccc(-c5scnc5C)cc4)C(C)(C)C)cc3)C2=S)cc1C(F)(F)F. The maximum absolute atomic E-state index is 13.9. The van der Waals surface area contributed by atoms with Gasteiger partial charge in [-0.25, -0.2) is 4.98 Å². The largest absolute Gasteiger partial charge is 0.494 e. The van der Waals surface area contributed by atoms with E-state index in [9.17, 15) is 37.5 Å². The summed E-state index contributed by atoms with van der Waals surface area (Å²) < 4.78 is 58.1. The van der Waals surface area contributed by atoms with Gasteiger partial charge in [0.15, 0.2) is 5.11 Å². The van der Waals surface area contributed by atoms with Crippen molar-refractivity contribution in [1.82, 2.24) is 25.5 Å². The molecule has 6 rings (SSSR count). The van der Waals surface area contributed by atoms with Crippen LogP contribution >= 0.6 is 23.6 Å². The molecule has 15 nitrogen and oxygen atoms in total. The number of aliphatic hydroxyl groups is 1. The highest BCUT2D eigenvalue weighted by molar-refractivity contribution is 7.81. The number of ether oxygens (including phenoxy) is 3. The molecule has 2 aliphatic heterocycles. The summed E-state index contributed by atoms with van der Waals surface area (Å²) in [6.07, 6.45) is -2.28. The van der Waals surface area contributed by atoms with Crippen LogP contribution in [0.15, 0.2) is 66.3 Å². The Kier molecular flexibility index (Phi) is 17.2. The van der Waals surface area contributed by atoms with E-state index >= 15 is 0 Å². The fourth-order valence-electron chi connectivity index (χ4n) is 8.09. The summed E-state index contributed by atoms with van der Waals surface area (Å²) in [4.78, 5) is 67.1. The van der Waals surface area contributed by atoms with Gasteiger partial charge in [0.05, 0.1) is 46.2 Å². The number of aliphatic hydroxyl groups excluding tert-OH is 1. The number of carbonyl (C=O) groups is 4. The number of halogens is 3. The summed E-state index contributed by atoms with van der Waals surface area (Å²) in [5.41, 5.74) is 2.14. The number of nitrogens with zero attached hydrogens (tertiary/aromatic N) is 5. The van der Waals surface area contributed by atoms with Crippen molar-refractivity contribution in [3.63, 3.8) is 0 Å². The molecule has 0 unspecified atom stereocenters. The number of thiazole rings is 1. The number of pyridine rings is 1. The molecule has 4 amide bonds. The molecule has 0 aliphatic carbocycles. The van der Waals surface area contributed by atoms with Crippen LogP contribution in [0.5, 0.6) is 5.75 Å². The number of aryl methyl sites for hydroxylation is 2. The number of hydrogen-bond donors (Lipinski definition) is 3. The number of aromatic nitrogens is 2. The molecule has 2 saturated heterocycles. The second-order valence-corrected chi connectivity index (χ2v) is 19.9. The van der Waals surface area contributed by atoms with E-state index in [-0.39, 0.29) is 55.1 Å². The molecule has 2 aromatic carbocycles. The highest BCUT2D eigenvalue weighted by atomic mass is 32.1. The first-order valence-electron chi connectivity index (χ1n) is 22.7. The minimum Gasteiger partial charge on any atom is -0.494 e. The molecule has 3 atom stereocenters. The Hall–Kier alpha value is -5.54. The van der Waals surface area contributed by atoms with E-state index in [4.69, 9.17) is 26.4 Å². The Labute approximate surface area is 409 Å². The predicted molar refractivity (Wildman–Crippen MR) is 260 cm³/mol. The minimum atomic E-state index is -4.64. The number of anilines is 2. The van der Waals surface area contributed by atoms with Crippen molar-refractivity contribution in [3.05, 3.63) is 88.8 Å². The molecule has 0 radical (unpaired) electrons. The van der Waals surface area contributed by atoms with E-state index in [1.165, 1.54) is 18.0 Å². The summed E-state index contributed by atoms with van der Waals surface area (Å²) in [6.45, 7) is 13.5. The van der Waals surface area contributed by atoms with E-state index in [1.54, 1.807) is 59.9 Å². The van der Waals surface area contributed by atoms with E-state index in [0.29, 0.717) is 44.1 Å². The fourth-order valence-corrected chi connectivity index (χ4v) is 9.42. The van der Waals surface area contributed by atoms with Crippen molar-refractivity contribution >= 4 is 63.7 Å². The normalized spacial score (nSPS) is 17.6. The van der Waals surface area contributed by atoms with Gasteiger partial charge in [-0.15, -0.1) is 11.3 Å². The molecule has 372 valence electrons. The lowest BCUT2D eigenvalue weighted by Crippen LogP contribution is -2.58. The third-order valence-corrected chi connectivity index (χ3v) is 13.2. The molecular formula is C49H60F3N7O8S2. The molecule has 2 aliphatic rings. The quantitative estimate of drug-likeness (QED) is 0.0604. The number of hydrogen-bond acceptors (Lipinski definition) is 12. The molecule has 69 heavy (non-hydrogen) atoms. The average Bonchev–Trinajstić information content (AvgIpc) is 3.96. The van der Waals surface area contributed by atoms with Crippen LogP contribution in [-0.2, 0) is 41.4 Å². The summed E-state index contributed by atoms with van der Waals surface area (Å²) >= 11 is 7.19. The second kappa shape index (κ2) is 22.5. The summed E-state index contributed by atoms with van der Waals surface area (Å²) in [5.74, 6) is -1.23. The van der Waals surface area contributed by atoms with Gasteiger partial charge in [0.2, 0.25) is 17.7 Å². The number of thiocarbonyl (C=S) groups is 1. The Bertz CT molecular complexity index is 2460. The van der Waals surface area contributed by atoms with Gasteiger partial charge >= 0.3 is 6.18 Å². The third kappa shape index (κ3) is 13.0. The number of benzene rings is 2. The van der Waals surface area contributed by atoms with E-state index in [1.807, 2.05) is 52.0 Å². The molecule has 2 fully saturated rings. The summed E-state index contributed by atoms with van der Waals surface area (Å²) in [6, 6.07) is 13.8. The molecule has 0 bridgehead atoms. The number of unbranched alkanes of at least 4 members (excludes halogenated alkanes) is 1. The summed E-state index contributed by atoms with van der Waals surface area (Å²) in [5, 5.41) is 16.3. The molecule has 0 saturated carbocycles. The first-order chi connectivity index (χ1) is 32.6. The zero-order chi connectivity index (χ0) is 50.3. The first kappa shape index (κ1) is 52.8. The lowest BCUT2D eigenvalue weighted by atomic mass is 9.85. The van der Waals surface area contributed by atoms with Crippen molar-refractivity contribution < 1.29 is 51.7 Å². The number of carbonyl (C=O) groups excluding carboxylic acids is 4. The highest BCUT2D eigenvalue weighted by Crippen LogP contribution is 2.39. The molecule has 4 heterocycles. The van der Waals surface area contributed by atoms with Crippen molar-refractivity contribution in [2.45, 2.75) is 111 Å². The standard InChI is InChI=1S/C49H60F3N7O8S2/c1-30-38(49(50,51)52)23-35(26-53-30)58-45(64)48(6,7)59(46(58)68)34-15-17-37(18-16-34)67-22-9-8-19-65-20-10-21-66-28-40(61)56-42(47(3,4)5)44(63)57-27-36(60)24-39(57)43(62)54-25-32-11-13-33(14-12-32)41-31(2)55-29-69-41/h11-18,23,26,29,36,39,42,60H,8-10,19-22,24-25,27-28H2,1-7H3,(H,54,62)(H,56,61)/t36-,39+,42-/m1/s1. The Balaban J connectivity index is 0.863. The van der Waals surface area contributed by atoms with E-state index in [2.05, 4.69) is 20.6 Å². The molecule has 20 heteroatoms. The Morgan fingerprint density at radius 2 is 1.59 bits per heavy atom. The minimum absolute atomic E-state index is 0.0306. The predicted octanol–water partition coefficient (Wildman–Crippen LogP) is 7.15. The Morgan fingerprint density at radius 3 is 2.25 bits per heavy atom. The molecule has 3 N–H and O–H groups in total. The lowest BCUT2D eigenvalue weighted by molar-refractivity contribution is -0.144. The van der Waals surface area contributed by atoms with Gasteiger partial charge < -0.3 is 39.8 Å². The van der Waals surface area contributed by atoms with Crippen LogP contribution in [0, 0.1) is 19.3 Å². The summed E-state index contributed by atoms with van der Waals surface area (Å²) in [7, 11) is 0. The molecule has 0 spiro atoms. The average molecular weight is 996 g/mol. The van der Waals surface area contributed by atoms with E-state index in [0.717, 1.165) is 39.1 Å². The van der Waals surface area contributed by atoms with Crippen LogP contribution in [0.2, 0.25) is 0 Å². The van der Waals surface area contributed by atoms with Crippen LogP contribution in [-0.4, -0.2) is 112 Å². The van der Waals surface area contributed by atoms with Crippen molar-refractivity contribution in [2.75, 3.05) is 49.4 Å². The second-order valence-electron chi connectivity index (χ2n) is 18.7. The molecule has 4 aromatic rings. The zero-order valence-electron chi connectivity index (χ0n) is 39.9. The van der Waals surface area contributed by atoms with Crippen molar-refractivity contribution in [1.29, 1.82) is 0 Å².